The first-order chi connectivity index (χ1) is 15.3. The van der Waals surface area contributed by atoms with Gasteiger partial charge in [-0.1, -0.05) is 24.3 Å². The minimum absolute atomic E-state index is 0.353. The highest BCUT2D eigenvalue weighted by Crippen LogP contribution is 2.27. The number of halogens is 3. The molecule has 0 radical (unpaired) electrons. The van der Waals surface area contributed by atoms with E-state index in [0.717, 1.165) is 22.4 Å². The zero-order chi connectivity index (χ0) is 22.7. The zero-order valence-corrected chi connectivity index (χ0v) is 16.5. The summed E-state index contributed by atoms with van der Waals surface area (Å²) in [6.45, 7) is -1.41. The van der Waals surface area contributed by atoms with E-state index in [-0.39, 0.29) is 0 Å². The highest BCUT2D eigenvalue weighted by Gasteiger charge is 2.27. The van der Waals surface area contributed by atoms with Crippen LogP contribution in [0.15, 0.2) is 73.1 Å². The summed E-state index contributed by atoms with van der Waals surface area (Å²) in [5.74, 6) is 0. The predicted octanol–water partition coefficient (Wildman–Crippen LogP) is 5.22. The van der Waals surface area contributed by atoms with Gasteiger partial charge in [-0.25, -0.2) is 9.78 Å². The molecule has 0 aliphatic rings. The molecule has 0 unspecified atom stereocenters. The number of hydrogen-bond donors (Lipinski definition) is 2. The summed E-state index contributed by atoms with van der Waals surface area (Å²) in [7, 11) is 0. The summed E-state index contributed by atoms with van der Waals surface area (Å²) in [6.07, 6.45) is -0.936. The van der Waals surface area contributed by atoms with Gasteiger partial charge in [0.05, 0.1) is 23.5 Å². The summed E-state index contributed by atoms with van der Waals surface area (Å²) in [4.78, 5) is 16.2. The number of nitrogens with one attached hydrogen (secondary N) is 2. The highest BCUT2D eigenvalue weighted by atomic mass is 19.4. The van der Waals surface area contributed by atoms with Crippen molar-refractivity contribution in [1.82, 2.24) is 14.7 Å². The summed E-state index contributed by atoms with van der Waals surface area (Å²) in [6, 6.07) is 19.0. The molecule has 4 aromatic rings. The van der Waals surface area contributed by atoms with E-state index in [0.29, 0.717) is 16.9 Å². The van der Waals surface area contributed by atoms with Crippen LogP contribution in [0.4, 0.5) is 23.7 Å². The second-order valence-corrected chi connectivity index (χ2v) is 6.98. The van der Waals surface area contributed by atoms with Gasteiger partial charge in [0.2, 0.25) is 0 Å². The van der Waals surface area contributed by atoms with Gasteiger partial charge in [0.25, 0.3) is 0 Å². The molecule has 2 aromatic heterocycles. The molecule has 0 saturated heterocycles. The van der Waals surface area contributed by atoms with Gasteiger partial charge in [0.15, 0.2) is 0 Å². The molecule has 0 fully saturated rings. The van der Waals surface area contributed by atoms with Crippen LogP contribution in [0.2, 0.25) is 0 Å². The lowest BCUT2D eigenvalue weighted by molar-refractivity contribution is -0.122. The Bertz CT molecular complexity index is 1320. The molecular weight excluding hydrogens is 419 g/mol. The Kier molecular flexibility index (Phi) is 5.52. The first-order valence-electron chi connectivity index (χ1n) is 9.52. The number of benzene rings is 2. The maximum Gasteiger partial charge on any atom is 0.405 e. The van der Waals surface area contributed by atoms with Crippen LogP contribution in [0.1, 0.15) is 5.56 Å². The number of carbonyl (C=O) groups is 1. The normalized spacial score (nSPS) is 11.2. The number of amides is 2. The molecule has 32 heavy (non-hydrogen) atoms. The molecule has 0 spiro atoms. The summed E-state index contributed by atoms with van der Waals surface area (Å²) in [5.41, 5.74) is 5.01. The van der Waals surface area contributed by atoms with Crippen LogP contribution in [0.3, 0.4) is 0 Å². The van der Waals surface area contributed by atoms with Gasteiger partial charge in [-0.15, -0.1) is 0 Å². The first kappa shape index (κ1) is 20.9. The predicted molar refractivity (Wildman–Crippen MR) is 114 cm³/mol. The second kappa shape index (κ2) is 8.43. The van der Waals surface area contributed by atoms with Crippen molar-refractivity contribution in [3.05, 3.63) is 78.6 Å². The van der Waals surface area contributed by atoms with E-state index in [4.69, 9.17) is 5.26 Å². The number of hydrogen-bond acceptors (Lipinski definition) is 3. The zero-order valence-electron chi connectivity index (χ0n) is 16.5. The number of aromatic nitrogens is 2. The number of imidazole rings is 1. The minimum Gasteiger partial charge on any atom is -0.329 e. The Morgan fingerprint density at radius 3 is 2.53 bits per heavy atom. The van der Waals surface area contributed by atoms with E-state index < -0.39 is 18.8 Å². The summed E-state index contributed by atoms with van der Waals surface area (Å²) < 4.78 is 38.6. The van der Waals surface area contributed by atoms with Gasteiger partial charge in [0, 0.05) is 17.4 Å². The number of pyridine rings is 1. The van der Waals surface area contributed by atoms with E-state index in [1.807, 2.05) is 40.9 Å². The smallest absolute Gasteiger partial charge is 0.329 e. The SMILES string of the molecule is N#Cc1ccc(-c2ccn3c(-c4cccc(NC(=O)NCC(F)(F)F)c4)cnc3c2)cc1. The van der Waals surface area contributed by atoms with E-state index >= 15 is 0 Å². The third kappa shape index (κ3) is 4.70. The molecule has 160 valence electrons. The van der Waals surface area contributed by atoms with Crippen molar-refractivity contribution in [2.45, 2.75) is 6.18 Å². The van der Waals surface area contributed by atoms with Crippen LogP contribution in [0.5, 0.6) is 0 Å². The molecule has 9 heteroatoms. The van der Waals surface area contributed by atoms with Gasteiger partial charge in [-0.05, 0) is 47.5 Å². The van der Waals surface area contributed by atoms with Gasteiger partial charge < -0.3 is 10.6 Å². The molecule has 0 bridgehead atoms. The summed E-state index contributed by atoms with van der Waals surface area (Å²) >= 11 is 0. The Morgan fingerprint density at radius 2 is 1.81 bits per heavy atom. The lowest BCUT2D eigenvalue weighted by Crippen LogP contribution is -2.36. The Balaban J connectivity index is 1.57. The number of rotatable bonds is 4. The van der Waals surface area contributed by atoms with Gasteiger partial charge >= 0.3 is 12.2 Å². The average Bonchev–Trinajstić information content (AvgIpc) is 3.21. The maximum atomic E-state index is 12.3. The van der Waals surface area contributed by atoms with Crippen LogP contribution < -0.4 is 10.6 Å². The number of anilines is 1. The van der Waals surface area contributed by atoms with E-state index in [1.165, 1.54) is 0 Å². The highest BCUT2D eigenvalue weighted by molar-refractivity contribution is 5.90. The molecule has 2 heterocycles. The van der Waals surface area contributed by atoms with Crippen molar-refractivity contribution >= 4 is 17.4 Å². The van der Waals surface area contributed by atoms with Crippen molar-refractivity contribution < 1.29 is 18.0 Å². The largest absolute Gasteiger partial charge is 0.405 e. The molecule has 0 saturated carbocycles. The van der Waals surface area contributed by atoms with Crippen LogP contribution in [0, 0.1) is 11.3 Å². The molecule has 0 aliphatic carbocycles. The number of carbonyl (C=O) groups excluding carboxylic acids is 1. The lowest BCUT2D eigenvalue weighted by Gasteiger charge is -2.11. The van der Waals surface area contributed by atoms with E-state index in [2.05, 4.69) is 16.4 Å². The van der Waals surface area contributed by atoms with Crippen molar-refractivity contribution in [3.63, 3.8) is 0 Å². The Labute approximate surface area is 180 Å². The average molecular weight is 435 g/mol. The second-order valence-electron chi connectivity index (χ2n) is 6.98. The number of urea groups is 1. The third-order valence-corrected chi connectivity index (χ3v) is 4.73. The third-order valence-electron chi connectivity index (χ3n) is 4.73. The topological polar surface area (TPSA) is 82.2 Å². The van der Waals surface area contributed by atoms with Gasteiger partial charge in [-0.2, -0.15) is 18.4 Å². The Morgan fingerprint density at radius 1 is 1.03 bits per heavy atom. The fourth-order valence-corrected chi connectivity index (χ4v) is 3.22. The standard InChI is InChI=1S/C23H16F3N5O/c24-23(25,26)14-29-22(32)30-19-3-1-2-18(10-19)20-13-28-21-11-17(8-9-31(20)21)16-6-4-15(12-27)5-7-16/h1-11,13H,14H2,(H2,29,30,32). The Hall–Kier alpha value is -4.32. The van der Waals surface area contributed by atoms with Gasteiger partial charge in [0.1, 0.15) is 12.2 Å². The fourth-order valence-electron chi connectivity index (χ4n) is 3.22. The molecule has 0 aliphatic heterocycles. The van der Waals surface area contributed by atoms with Crippen molar-refractivity contribution in [2.75, 3.05) is 11.9 Å². The molecule has 2 amide bonds. The van der Waals surface area contributed by atoms with E-state index in [9.17, 15) is 18.0 Å². The molecule has 4 rings (SSSR count). The quantitative estimate of drug-likeness (QED) is 0.461. The minimum atomic E-state index is -4.48. The number of nitriles is 1. The molecule has 2 aromatic carbocycles. The van der Waals surface area contributed by atoms with Crippen LogP contribution >= 0.6 is 0 Å². The molecule has 2 N–H and O–H groups in total. The first-order valence-corrected chi connectivity index (χ1v) is 9.52. The van der Waals surface area contributed by atoms with Gasteiger partial charge in [-0.3, -0.25) is 4.40 Å². The number of alkyl halides is 3. The number of fused-ring (bicyclic) bond motifs is 1. The maximum absolute atomic E-state index is 12.3. The van der Waals surface area contributed by atoms with Crippen LogP contribution in [-0.2, 0) is 0 Å². The summed E-state index contributed by atoms with van der Waals surface area (Å²) in [5, 5.41) is 13.1. The molecule has 0 atom stereocenters. The fraction of sp³-hybridized carbons (Fsp3) is 0.0870. The van der Waals surface area contributed by atoms with Crippen molar-refractivity contribution in [1.29, 1.82) is 5.26 Å². The van der Waals surface area contributed by atoms with Crippen molar-refractivity contribution in [3.8, 4) is 28.5 Å². The molecule has 6 nitrogen and oxygen atoms in total. The number of nitrogens with zero attached hydrogens (tertiary/aromatic N) is 3. The molecular formula is C23H16F3N5O. The van der Waals surface area contributed by atoms with Crippen LogP contribution in [0.25, 0.3) is 28.0 Å². The van der Waals surface area contributed by atoms with E-state index in [1.54, 1.807) is 41.8 Å². The van der Waals surface area contributed by atoms with Crippen LogP contribution in [-0.4, -0.2) is 28.1 Å². The lowest BCUT2D eigenvalue weighted by atomic mass is 10.1. The van der Waals surface area contributed by atoms with Crippen molar-refractivity contribution in [2.24, 2.45) is 0 Å². The monoisotopic (exact) mass is 435 g/mol.